The van der Waals surface area contributed by atoms with Crippen LogP contribution in [0.2, 0.25) is 0 Å². The quantitative estimate of drug-likeness (QED) is 0.514. The number of likely N-dealkylation sites (tertiary alicyclic amines) is 1. The number of carboxylic acid groups (broad SMARTS) is 1. The van der Waals surface area contributed by atoms with Crippen LogP contribution in [0.1, 0.15) is 57.8 Å². The lowest BCUT2D eigenvalue weighted by atomic mass is 9.46. The molecule has 0 spiro atoms. The van der Waals surface area contributed by atoms with Crippen LogP contribution < -0.4 is 11.5 Å². The summed E-state index contributed by atoms with van der Waals surface area (Å²) < 4.78 is 5.91. The number of fused-ring (bicyclic) bond motifs is 1. The number of carboxylic acids is 1. The largest absolute Gasteiger partial charge is 0.481 e. The van der Waals surface area contributed by atoms with E-state index >= 15 is 0 Å². The van der Waals surface area contributed by atoms with Crippen molar-refractivity contribution in [2.24, 2.45) is 34.6 Å². The molecule has 7 atom stereocenters. The number of rotatable bonds is 6. The predicted molar refractivity (Wildman–Crippen MR) is 107 cm³/mol. The number of carbonyl (C=O) groups is 3. The molecule has 4 bridgehead atoms. The van der Waals surface area contributed by atoms with Gasteiger partial charge in [0.05, 0.1) is 18.5 Å². The van der Waals surface area contributed by atoms with E-state index in [9.17, 15) is 19.6 Å². The SMILES string of the molecule is N#CC1CC2CC2N1C(=O)C(N)C12CC3CC(CC(OC(=O)C(N)CC(=O)O)(C3)C1)C2. The van der Waals surface area contributed by atoms with E-state index in [1.165, 1.54) is 0 Å². The molecule has 0 aromatic heterocycles. The van der Waals surface area contributed by atoms with Gasteiger partial charge in [-0.25, -0.2) is 0 Å². The summed E-state index contributed by atoms with van der Waals surface area (Å²) in [5.41, 5.74) is 11.2. The molecule has 1 saturated heterocycles. The third-order valence-electron chi connectivity index (χ3n) is 8.50. The molecule has 6 rings (SSSR count). The summed E-state index contributed by atoms with van der Waals surface area (Å²) in [6.07, 6.45) is 5.85. The Morgan fingerprint density at radius 2 is 1.81 bits per heavy atom. The van der Waals surface area contributed by atoms with Crippen molar-refractivity contribution in [2.45, 2.75) is 87.6 Å². The second-order valence-electron chi connectivity index (χ2n) is 10.8. The van der Waals surface area contributed by atoms with Crippen LogP contribution in [0.5, 0.6) is 0 Å². The van der Waals surface area contributed by atoms with E-state index in [2.05, 4.69) is 6.07 Å². The van der Waals surface area contributed by atoms with Crippen molar-refractivity contribution < 1.29 is 24.2 Å². The van der Waals surface area contributed by atoms with Crippen molar-refractivity contribution in [1.29, 1.82) is 5.26 Å². The van der Waals surface area contributed by atoms with Gasteiger partial charge in [-0.05, 0) is 74.5 Å². The minimum Gasteiger partial charge on any atom is -0.481 e. The predicted octanol–water partition coefficient (Wildman–Crippen LogP) is 0.511. The number of ether oxygens (including phenoxy) is 1. The zero-order valence-corrected chi connectivity index (χ0v) is 17.5. The van der Waals surface area contributed by atoms with E-state index in [0.717, 1.165) is 32.1 Å². The molecule has 0 radical (unpaired) electrons. The normalized spacial score (nSPS) is 43.6. The van der Waals surface area contributed by atoms with Gasteiger partial charge in [-0.15, -0.1) is 0 Å². The smallest absolute Gasteiger partial charge is 0.324 e. The number of hydrogen-bond donors (Lipinski definition) is 3. The molecule has 168 valence electrons. The number of hydrogen-bond acceptors (Lipinski definition) is 7. The van der Waals surface area contributed by atoms with Crippen molar-refractivity contribution in [1.82, 2.24) is 4.90 Å². The third-order valence-corrected chi connectivity index (χ3v) is 8.50. The zero-order valence-electron chi connectivity index (χ0n) is 17.5. The van der Waals surface area contributed by atoms with Gasteiger partial charge in [-0.2, -0.15) is 5.26 Å². The Hall–Kier alpha value is -2.18. The number of nitrogens with two attached hydrogens (primary N) is 2. The van der Waals surface area contributed by atoms with E-state index in [-0.39, 0.29) is 11.9 Å². The maximum absolute atomic E-state index is 13.5. The summed E-state index contributed by atoms with van der Waals surface area (Å²) in [6.45, 7) is 0. The molecule has 1 heterocycles. The second-order valence-corrected chi connectivity index (χ2v) is 10.8. The molecular formula is C22H30N4O5. The van der Waals surface area contributed by atoms with Crippen LogP contribution in [0.3, 0.4) is 0 Å². The van der Waals surface area contributed by atoms with Crippen molar-refractivity contribution in [3.8, 4) is 6.07 Å². The highest BCUT2D eigenvalue weighted by Gasteiger charge is 2.64. The first-order chi connectivity index (χ1) is 14.7. The summed E-state index contributed by atoms with van der Waals surface area (Å²) in [5, 5.41) is 18.4. The maximum Gasteiger partial charge on any atom is 0.324 e. The first kappa shape index (κ1) is 20.7. The first-order valence-corrected chi connectivity index (χ1v) is 11.3. The number of piperidine rings is 1. The Morgan fingerprint density at radius 1 is 1.13 bits per heavy atom. The molecule has 31 heavy (non-hydrogen) atoms. The number of aliphatic carboxylic acids is 1. The van der Waals surface area contributed by atoms with Gasteiger partial charge >= 0.3 is 11.9 Å². The fourth-order valence-electron chi connectivity index (χ4n) is 7.60. The van der Waals surface area contributed by atoms with Crippen molar-refractivity contribution >= 4 is 17.8 Å². The summed E-state index contributed by atoms with van der Waals surface area (Å²) >= 11 is 0. The second kappa shape index (κ2) is 6.91. The van der Waals surface area contributed by atoms with Crippen LogP contribution in [-0.2, 0) is 19.1 Å². The standard InChI is InChI=1S/C22H30N4O5/c23-9-14-2-13-3-16(13)26(14)19(29)18(25)21-5-11-1-12(6-21)8-22(7-11,10-21)31-20(30)15(24)4-17(27)28/h11-16,18H,1-8,10,24-25H2,(H,27,28). The van der Waals surface area contributed by atoms with Crippen LogP contribution in [-0.4, -0.2) is 57.6 Å². The highest BCUT2D eigenvalue weighted by molar-refractivity contribution is 5.85. The van der Waals surface area contributed by atoms with Gasteiger partial charge in [0.1, 0.15) is 17.7 Å². The molecule has 6 fully saturated rings. The van der Waals surface area contributed by atoms with Crippen LogP contribution in [0.25, 0.3) is 0 Å². The van der Waals surface area contributed by atoms with Gasteiger partial charge in [0.15, 0.2) is 0 Å². The van der Waals surface area contributed by atoms with Crippen LogP contribution in [0.4, 0.5) is 0 Å². The van der Waals surface area contributed by atoms with E-state index in [4.69, 9.17) is 21.3 Å². The number of carbonyl (C=O) groups excluding carboxylic acids is 2. The van der Waals surface area contributed by atoms with Crippen LogP contribution >= 0.6 is 0 Å². The molecule has 7 unspecified atom stereocenters. The van der Waals surface area contributed by atoms with Gasteiger partial charge in [-0.3, -0.25) is 14.4 Å². The van der Waals surface area contributed by atoms with Gasteiger partial charge in [-0.1, -0.05) is 0 Å². The molecule has 1 amide bonds. The van der Waals surface area contributed by atoms with E-state index < -0.39 is 47.5 Å². The van der Waals surface area contributed by atoms with Gasteiger partial charge < -0.3 is 26.2 Å². The minimum absolute atomic E-state index is 0.137. The van der Waals surface area contributed by atoms with Crippen molar-refractivity contribution in [3.63, 3.8) is 0 Å². The molecular weight excluding hydrogens is 400 g/mol. The summed E-state index contributed by atoms with van der Waals surface area (Å²) in [5.74, 6) is -0.896. The molecule has 6 aliphatic rings. The molecule has 5 saturated carbocycles. The van der Waals surface area contributed by atoms with Crippen LogP contribution in [0.15, 0.2) is 0 Å². The summed E-state index contributed by atoms with van der Waals surface area (Å²) in [6, 6.07) is 0.0966. The average Bonchev–Trinajstić information content (AvgIpc) is 3.34. The van der Waals surface area contributed by atoms with E-state index in [1.807, 2.05) is 0 Å². The zero-order chi connectivity index (χ0) is 22.1. The Balaban J connectivity index is 1.36. The van der Waals surface area contributed by atoms with E-state index in [1.54, 1.807) is 4.90 Å². The third kappa shape index (κ3) is 3.31. The van der Waals surface area contributed by atoms with E-state index in [0.29, 0.717) is 37.0 Å². The first-order valence-electron chi connectivity index (χ1n) is 11.3. The van der Waals surface area contributed by atoms with Crippen LogP contribution in [0, 0.1) is 34.5 Å². The highest BCUT2D eigenvalue weighted by atomic mass is 16.6. The Labute approximate surface area is 181 Å². The summed E-state index contributed by atoms with van der Waals surface area (Å²) in [7, 11) is 0. The minimum atomic E-state index is -1.20. The lowest BCUT2D eigenvalue weighted by Crippen LogP contribution is -2.66. The van der Waals surface area contributed by atoms with Gasteiger partial charge in [0.25, 0.3) is 0 Å². The monoisotopic (exact) mass is 430 g/mol. The number of nitrogens with zero attached hydrogens (tertiary/aromatic N) is 2. The number of esters is 1. The number of amides is 1. The molecule has 5 N–H and O–H groups in total. The molecule has 5 aliphatic carbocycles. The lowest BCUT2D eigenvalue weighted by molar-refractivity contribution is -0.207. The molecule has 9 heteroatoms. The number of nitriles is 1. The van der Waals surface area contributed by atoms with Crippen molar-refractivity contribution in [2.75, 3.05) is 0 Å². The fraction of sp³-hybridized carbons (Fsp3) is 0.818. The van der Waals surface area contributed by atoms with Gasteiger partial charge in [0.2, 0.25) is 5.91 Å². The Kier molecular flexibility index (Phi) is 4.61. The fourth-order valence-corrected chi connectivity index (χ4v) is 7.60. The topological polar surface area (TPSA) is 160 Å². The highest BCUT2D eigenvalue weighted by Crippen LogP contribution is 2.64. The molecule has 0 aromatic rings. The van der Waals surface area contributed by atoms with Crippen molar-refractivity contribution in [3.05, 3.63) is 0 Å². The molecule has 0 aromatic carbocycles. The maximum atomic E-state index is 13.5. The Morgan fingerprint density at radius 3 is 2.42 bits per heavy atom. The molecule has 1 aliphatic heterocycles. The lowest BCUT2D eigenvalue weighted by Gasteiger charge is -2.62. The Bertz CT molecular complexity index is 854. The van der Waals surface area contributed by atoms with Gasteiger partial charge in [0, 0.05) is 6.04 Å². The summed E-state index contributed by atoms with van der Waals surface area (Å²) in [4.78, 5) is 38.7. The average molecular weight is 431 g/mol. The molecule has 9 nitrogen and oxygen atoms in total.